The van der Waals surface area contributed by atoms with Gasteiger partial charge in [0, 0.05) is 0 Å². The molecule has 0 heterocycles. The van der Waals surface area contributed by atoms with Gasteiger partial charge in [0.1, 0.15) is 0 Å². The first-order chi connectivity index (χ1) is 9.54. The molecular formula is C16H20F3N. The van der Waals surface area contributed by atoms with Gasteiger partial charge < -0.3 is 5.32 Å². The van der Waals surface area contributed by atoms with Crippen LogP contribution in [0.4, 0.5) is 13.2 Å². The van der Waals surface area contributed by atoms with Crippen LogP contribution in [0.3, 0.4) is 0 Å². The molecule has 110 valence electrons. The molecule has 0 fully saturated rings. The number of rotatable bonds is 5. The predicted molar refractivity (Wildman–Crippen MR) is 74.4 cm³/mol. The number of hydrogen-bond donors (Lipinski definition) is 1. The van der Waals surface area contributed by atoms with E-state index in [1.165, 1.54) is 12.1 Å². The number of hydrogen-bond acceptors (Lipinski definition) is 1. The van der Waals surface area contributed by atoms with E-state index >= 15 is 0 Å². The molecular weight excluding hydrogens is 263 g/mol. The van der Waals surface area contributed by atoms with E-state index in [0.29, 0.717) is 12.1 Å². The molecule has 0 spiro atoms. The SMILES string of the molecule is CCCNC(C1=CCCC1)c1ccccc1C(F)(F)F. The highest BCUT2D eigenvalue weighted by Crippen LogP contribution is 2.38. The first-order valence-corrected chi connectivity index (χ1v) is 7.12. The summed E-state index contributed by atoms with van der Waals surface area (Å²) in [5, 5.41) is 3.27. The van der Waals surface area contributed by atoms with Crippen molar-refractivity contribution in [3.63, 3.8) is 0 Å². The van der Waals surface area contributed by atoms with Crippen LogP contribution in [0.1, 0.15) is 49.8 Å². The number of nitrogens with one attached hydrogen (secondary N) is 1. The van der Waals surface area contributed by atoms with Crippen LogP contribution >= 0.6 is 0 Å². The van der Waals surface area contributed by atoms with Gasteiger partial charge in [0.05, 0.1) is 11.6 Å². The molecule has 0 aromatic heterocycles. The number of alkyl halides is 3. The van der Waals surface area contributed by atoms with E-state index in [0.717, 1.165) is 31.3 Å². The topological polar surface area (TPSA) is 12.0 Å². The van der Waals surface area contributed by atoms with E-state index in [1.54, 1.807) is 12.1 Å². The molecule has 1 unspecified atom stereocenters. The molecule has 2 rings (SSSR count). The molecule has 0 saturated carbocycles. The Labute approximate surface area is 117 Å². The molecule has 1 N–H and O–H groups in total. The summed E-state index contributed by atoms with van der Waals surface area (Å²) >= 11 is 0. The highest BCUT2D eigenvalue weighted by Gasteiger charge is 2.35. The van der Waals surface area contributed by atoms with Crippen molar-refractivity contribution >= 4 is 0 Å². The van der Waals surface area contributed by atoms with Crippen LogP contribution in [0.5, 0.6) is 0 Å². The fourth-order valence-corrected chi connectivity index (χ4v) is 2.69. The number of halogens is 3. The molecule has 20 heavy (non-hydrogen) atoms. The molecule has 4 heteroatoms. The Morgan fingerprint density at radius 2 is 2.00 bits per heavy atom. The zero-order valence-corrected chi connectivity index (χ0v) is 11.6. The minimum absolute atomic E-state index is 0.310. The zero-order valence-electron chi connectivity index (χ0n) is 11.6. The van der Waals surface area contributed by atoms with Crippen molar-refractivity contribution in [1.29, 1.82) is 0 Å². The maximum atomic E-state index is 13.2. The summed E-state index contributed by atoms with van der Waals surface area (Å²) in [6.45, 7) is 2.73. The lowest BCUT2D eigenvalue weighted by atomic mass is 9.93. The lowest BCUT2D eigenvalue weighted by Gasteiger charge is -2.24. The van der Waals surface area contributed by atoms with E-state index in [9.17, 15) is 13.2 Å². The minimum Gasteiger partial charge on any atom is -0.307 e. The Bertz CT molecular complexity index is 477. The van der Waals surface area contributed by atoms with Gasteiger partial charge in [0.2, 0.25) is 0 Å². The van der Waals surface area contributed by atoms with Gasteiger partial charge in [-0.05, 0) is 43.9 Å². The van der Waals surface area contributed by atoms with Crippen LogP contribution in [0.15, 0.2) is 35.9 Å². The molecule has 0 radical (unpaired) electrons. The van der Waals surface area contributed by atoms with Gasteiger partial charge in [-0.1, -0.05) is 36.8 Å². The Hall–Kier alpha value is -1.29. The lowest BCUT2D eigenvalue weighted by molar-refractivity contribution is -0.138. The van der Waals surface area contributed by atoms with Crippen molar-refractivity contribution < 1.29 is 13.2 Å². The molecule has 1 aromatic rings. The van der Waals surface area contributed by atoms with E-state index in [4.69, 9.17) is 0 Å². The third-order valence-corrected chi connectivity index (χ3v) is 3.62. The standard InChI is InChI=1S/C16H20F3N/c1-2-11-20-15(12-7-3-4-8-12)13-9-5-6-10-14(13)16(17,18)19/h5-7,9-10,15,20H,2-4,8,11H2,1H3. The van der Waals surface area contributed by atoms with E-state index in [-0.39, 0.29) is 6.04 Å². The molecule has 0 bridgehead atoms. The normalized spacial score (nSPS) is 17.1. The Morgan fingerprint density at radius 3 is 2.60 bits per heavy atom. The maximum Gasteiger partial charge on any atom is 0.416 e. The summed E-state index contributed by atoms with van der Waals surface area (Å²) in [4.78, 5) is 0. The van der Waals surface area contributed by atoms with E-state index in [2.05, 4.69) is 11.4 Å². The molecule has 1 atom stereocenters. The zero-order chi connectivity index (χ0) is 14.6. The summed E-state index contributed by atoms with van der Waals surface area (Å²) in [5.41, 5.74) is 0.915. The van der Waals surface area contributed by atoms with Crippen molar-refractivity contribution in [2.75, 3.05) is 6.54 Å². The summed E-state index contributed by atoms with van der Waals surface area (Å²) in [7, 11) is 0. The fourth-order valence-electron chi connectivity index (χ4n) is 2.69. The van der Waals surface area contributed by atoms with Crippen LogP contribution in [-0.2, 0) is 6.18 Å². The first kappa shape index (κ1) is 15.1. The average Bonchev–Trinajstić information content (AvgIpc) is 2.92. The van der Waals surface area contributed by atoms with Gasteiger partial charge in [-0.25, -0.2) is 0 Å². The van der Waals surface area contributed by atoms with Crippen molar-refractivity contribution in [3.8, 4) is 0 Å². The van der Waals surface area contributed by atoms with Crippen LogP contribution in [0.25, 0.3) is 0 Å². The molecule has 1 aliphatic carbocycles. The molecule has 1 nitrogen and oxygen atoms in total. The second-order valence-corrected chi connectivity index (χ2v) is 5.14. The molecule has 0 amide bonds. The third-order valence-electron chi connectivity index (χ3n) is 3.62. The van der Waals surface area contributed by atoms with Crippen LogP contribution in [-0.4, -0.2) is 6.54 Å². The Morgan fingerprint density at radius 1 is 1.25 bits per heavy atom. The summed E-state index contributed by atoms with van der Waals surface area (Å²) in [5.74, 6) is 0. The fraction of sp³-hybridized carbons (Fsp3) is 0.500. The average molecular weight is 283 g/mol. The lowest BCUT2D eigenvalue weighted by Crippen LogP contribution is -2.26. The largest absolute Gasteiger partial charge is 0.416 e. The molecule has 0 aliphatic heterocycles. The van der Waals surface area contributed by atoms with Crippen molar-refractivity contribution in [1.82, 2.24) is 5.32 Å². The van der Waals surface area contributed by atoms with E-state index < -0.39 is 11.7 Å². The minimum atomic E-state index is -4.30. The van der Waals surface area contributed by atoms with Gasteiger partial charge in [-0.2, -0.15) is 13.2 Å². The quantitative estimate of drug-likeness (QED) is 0.761. The van der Waals surface area contributed by atoms with E-state index in [1.807, 2.05) is 6.92 Å². The summed E-state index contributed by atoms with van der Waals surface area (Å²) < 4.78 is 39.5. The molecule has 1 aliphatic rings. The summed E-state index contributed by atoms with van der Waals surface area (Å²) in [6, 6.07) is 5.59. The predicted octanol–water partition coefficient (Wildman–Crippen LogP) is 4.86. The smallest absolute Gasteiger partial charge is 0.307 e. The second-order valence-electron chi connectivity index (χ2n) is 5.14. The van der Waals surface area contributed by atoms with Crippen molar-refractivity contribution in [3.05, 3.63) is 47.0 Å². The highest BCUT2D eigenvalue weighted by molar-refractivity contribution is 5.38. The molecule has 0 saturated heterocycles. The van der Waals surface area contributed by atoms with Gasteiger partial charge in [-0.3, -0.25) is 0 Å². The van der Waals surface area contributed by atoms with Crippen LogP contribution in [0, 0.1) is 0 Å². The van der Waals surface area contributed by atoms with Gasteiger partial charge in [-0.15, -0.1) is 0 Å². The second kappa shape index (κ2) is 6.44. The highest BCUT2D eigenvalue weighted by atomic mass is 19.4. The van der Waals surface area contributed by atoms with Crippen LogP contribution in [0.2, 0.25) is 0 Å². The monoisotopic (exact) mass is 283 g/mol. The third kappa shape index (κ3) is 3.42. The number of benzene rings is 1. The Kier molecular flexibility index (Phi) is 4.86. The maximum absolute atomic E-state index is 13.2. The number of allylic oxidation sites excluding steroid dienone is 1. The Balaban J connectivity index is 2.38. The van der Waals surface area contributed by atoms with Gasteiger partial charge in [0.15, 0.2) is 0 Å². The van der Waals surface area contributed by atoms with Crippen molar-refractivity contribution in [2.24, 2.45) is 0 Å². The molecule has 1 aromatic carbocycles. The van der Waals surface area contributed by atoms with Crippen molar-refractivity contribution in [2.45, 2.75) is 44.8 Å². The van der Waals surface area contributed by atoms with Gasteiger partial charge >= 0.3 is 6.18 Å². The summed E-state index contributed by atoms with van der Waals surface area (Å²) in [6.07, 6.45) is 1.57. The van der Waals surface area contributed by atoms with Gasteiger partial charge in [0.25, 0.3) is 0 Å². The first-order valence-electron chi connectivity index (χ1n) is 7.12. The van der Waals surface area contributed by atoms with Crippen LogP contribution < -0.4 is 5.32 Å².